The lowest BCUT2D eigenvalue weighted by molar-refractivity contribution is 0.390. The Kier molecular flexibility index (Phi) is 4.55. The first kappa shape index (κ1) is 16.2. The highest BCUT2D eigenvalue weighted by Crippen LogP contribution is 2.44. The Hall–Kier alpha value is -1.66. The molecule has 0 radical (unpaired) electrons. The molecule has 1 atom stereocenters. The van der Waals surface area contributed by atoms with Crippen molar-refractivity contribution in [1.29, 1.82) is 0 Å². The lowest BCUT2D eigenvalue weighted by atomic mass is 9.91. The molecule has 1 aliphatic carbocycles. The third-order valence-corrected chi connectivity index (χ3v) is 6.11. The van der Waals surface area contributed by atoms with E-state index in [2.05, 4.69) is 22.0 Å². The van der Waals surface area contributed by atoms with Gasteiger partial charge in [0.2, 0.25) is 10.0 Å². The summed E-state index contributed by atoms with van der Waals surface area (Å²) in [6.45, 7) is 3.68. The molecule has 1 N–H and O–H groups in total. The van der Waals surface area contributed by atoms with Crippen LogP contribution >= 0.6 is 0 Å². The molecule has 0 spiro atoms. The maximum absolute atomic E-state index is 12.4. The second-order valence-electron chi connectivity index (χ2n) is 6.19. The fourth-order valence-electron chi connectivity index (χ4n) is 3.15. The maximum Gasteiger partial charge on any atom is 0.245 e. The van der Waals surface area contributed by atoms with E-state index in [1.54, 1.807) is 13.8 Å². The zero-order chi connectivity index (χ0) is 16.4. The first-order valence-electron chi connectivity index (χ1n) is 7.96. The molecule has 2 aromatic rings. The molecule has 0 amide bonds. The highest BCUT2D eigenvalue weighted by atomic mass is 32.2. The van der Waals surface area contributed by atoms with Crippen LogP contribution in [-0.2, 0) is 10.0 Å². The zero-order valence-corrected chi connectivity index (χ0v) is 14.3. The van der Waals surface area contributed by atoms with Gasteiger partial charge in [-0.05, 0) is 50.5 Å². The minimum absolute atomic E-state index is 0.167. The predicted molar refractivity (Wildman–Crippen MR) is 87.7 cm³/mol. The van der Waals surface area contributed by atoms with Crippen molar-refractivity contribution in [3.05, 3.63) is 47.3 Å². The average molecular weight is 334 g/mol. The van der Waals surface area contributed by atoms with Crippen molar-refractivity contribution in [1.82, 2.24) is 9.88 Å². The predicted octanol–water partition coefficient (Wildman–Crippen LogP) is 3.15. The van der Waals surface area contributed by atoms with E-state index in [9.17, 15) is 8.42 Å². The highest BCUT2D eigenvalue weighted by Gasteiger charge is 2.32. The SMILES string of the molecule is Cc1noc(C)c1S(=O)(=O)NCCC(c1ccccc1)C1CC1. The summed E-state index contributed by atoms with van der Waals surface area (Å²) in [6.07, 6.45) is 3.27. The molecule has 0 bridgehead atoms. The third kappa shape index (κ3) is 3.64. The van der Waals surface area contributed by atoms with Crippen LogP contribution < -0.4 is 4.72 Å². The number of sulfonamides is 1. The minimum Gasteiger partial charge on any atom is -0.360 e. The molecule has 124 valence electrons. The molecule has 1 aromatic heterocycles. The molecule has 1 aromatic carbocycles. The Morgan fingerprint density at radius 2 is 1.96 bits per heavy atom. The number of hydrogen-bond donors (Lipinski definition) is 1. The quantitative estimate of drug-likeness (QED) is 0.844. The molecular weight excluding hydrogens is 312 g/mol. The minimum atomic E-state index is -3.57. The number of hydrogen-bond acceptors (Lipinski definition) is 4. The van der Waals surface area contributed by atoms with Crippen LogP contribution in [-0.4, -0.2) is 20.1 Å². The van der Waals surface area contributed by atoms with Crippen LogP contribution in [0.4, 0.5) is 0 Å². The van der Waals surface area contributed by atoms with Crippen LogP contribution in [0.3, 0.4) is 0 Å². The molecule has 3 rings (SSSR count). The number of aryl methyl sites for hydroxylation is 2. The van der Waals surface area contributed by atoms with Crippen LogP contribution in [0.2, 0.25) is 0 Å². The first-order valence-corrected chi connectivity index (χ1v) is 9.45. The van der Waals surface area contributed by atoms with Gasteiger partial charge < -0.3 is 4.52 Å². The fourth-order valence-corrected chi connectivity index (χ4v) is 4.53. The molecular formula is C17H22N2O3S. The summed E-state index contributed by atoms with van der Waals surface area (Å²) >= 11 is 0. The molecule has 23 heavy (non-hydrogen) atoms. The van der Waals surface area contributed by atoms with Gasteiger partial charge in [-0.25, -0.2) is 13.1 Å². The summed E-state index contributed by atoms with van der Waals surface area (Å²) < 4.78 is 32.5. The smallest absolute Gasteiger partial charge is 0.245 e. The summed E-state index contributed by atoms with van der Waals surface area (Å²) in [5.74, 6) is 1.43. The maximum atomic E-state index is 12.4. The normalized spacial score (nSPS) is 16.4. The van der Waals surface area contributed by atoms with Gasteiger partial charge in [0.25, 0.3) is 0 Å². The summed E-state index contributed by atoms with van der Waals surface area (Å²) in [6, 6.07) is 10.3. The summed E-state index contributed by atoms with van der Waals surface area (Å²) in [7, 11) is -3.57. The lowest BCUT2D eigenvalue weighted by Gasteiger charge is -2.17. The van der Waals surface area contributed by atoms with Crippen molar-refractivity contribution >= 4 is 10.0 Å². The molecule has 1 aliphatic rings. The highest BCUT2D eigenvalue weighted by molar-refractivity contribution is 7.89. The monoisotopic (exact) mass is 334 g/mol. The van der Waals surface area contributed by atoms with Crippen molar-refractivity contribution in [2.45, 2.75) is 43.9 Å². The van der Waals surface area contributed by atoms with Crippen molar-refractivity contribution < 1.29 is 12.9 Å². The Labute approximate surface area is 137 Å². The fraction of sp³-hybridized carbons (Fsp3) is 0.471. The summed E-state index contributed by atoms with van der Waals surface area (Å²) in [5, 5.41) is 3.72. The largest absolute Gasteiger partial charge is 0.360 e. The molecule has 1 heterocycles. The van der Waals surface area contributed by atoms with Crippen LogP contribution in [0.15, 0.2) is 39.8 Å². The van der Waals surface area contributed by atoms with Gasteiger partial charge in [0.15, 0.2) is 5.76 Å². The average Bonchev–Trinajstić information content (AvgIpc) is 3.29. The van der Waals surface area contributed by atoms with E-state index in [4.69, 9.17) is 4.52 Å². The summed E-state index contributed by atoms with van der Waals surface area (Å²) in [5.41, 5.74) is 1.70. The van der Waals surface area contributed by atoms with Crippen LogP contribution in [0.5, 0.6) is 0 Å². The van der Waals surface area contributed by atoms with Crippen molar-refractivity contribution in [3.63, 3.8) is 0 Å². The van der Waals surface area contributed by atoms with Gasteiger partial charge in [-0.2, -0.15) is 0 Å². The van der Waals surface area contributed by atoms with Crippen molar-refractivity contribution in [2.24, 2.45) is 5.92 Å². The zero-order valence-electron chi connectivity index (χ0n) is 13.5. The standard InChI is InChI=1S/C17H22N2O3S/c1-12-17(13(2)22-19-12)23(20,21)18-11-10-16(15-8-9-15)14-6-4-3-5-7-14/h3-7,15-16,18H,8-11H2,1-2H3. The molecule has 1 saturated carbocycles. The van der Waals surface area contributed by atoms with Gasteiger partial charge in [0.1, 0.15) is 10.6 Å². The molecule has 5 nitrogen and oxygen atoms in total. The second kappa shape index (κ2) is 6.45. The first-order chi connectivity index (χ1) is 11.0. The molecule has 0 saturated heterocycles. The molecule has 6 heteroatoms. The number of rotatable bonds is 7. The van der Waals surface area contributed by atoms with Gasteiger partial charge in [0, 0.05) is 6.54 Å². The second-order valence-corrected chi connectivity index (χ2v) is 7.90. The van der Waals surface area contributed by atoms with Crippen molar-refractivity contribution in [2.75, 3.05) is 6.54 Å². The Bertz CT molecular complexity index is 745. The Morgan fingerprint density at radius 1 is 1.26 bits per heavy atom. The number of aromatic nitrogens is 1. The number of nitrogens with one attached hydrogen (secondary N) is 1. The number of benzene rings is 1. The number of nitrogens with zero attached hydrogens (tertiary/aromatic N) is 1. The van der Waals surface area contributed by atoms with E-state index >= 15 is 0 Å². The third-order valence-electron chi connectivity index (χ3n) is 4.40. The Morgan fingerprint density at radius 3 is 2.52 bits per heavy atom. The van der Waals surface area contributed by atoms with Crippen molar-refractivity contribution in [3.8, 4) is 0 Å². The van der Waals surface area contributed by atoms with E-state index in [0.29, 0.717) is 29.8 Å². The molecule has 0 aliphatic heterocycles. The van der Waals surface area contributed by atoms with E-state index in [1.165, 1.54) is 18.4 Å². The topological polar surface area (TPSA) is 72.2 Å². The molecule has 1 unspecified atom stereocenters. The summed E-state index contributed by atoms with van der Waals surface area (Å²) in [4.78, 5) is 0.167. The van der Waals surface area contributed by atoms with Gasteiger partial charge in [-0.3, -0.25) is 0 Å². The van der Waals surface area contributed by atoms with Crippen LogP contribution in [0.1, 0.15) is 42.2 Å². The van der Waals surface area contributed by atoms with Crippen LogP contribution in [0, 0.1) is 19.8 Å². The van der Waals surface area contributed by atoms with E-state index in [1.807, 2.05) is 18.2 Å². The van der Waals surface area contributed by atoms with Crippen LogP contribution in [0.25, 0.3) is 0 Å². The lowest BCUT2D eigenvalue weighted by Crippen LogP contribution is -2.27. The molecule has 1 fully saturated rings. The van der Waals surface area contributed by atoms with Gasteiger partial charge >= 0.3 is 0 Å². The van der Waals surface area contributed by atoms with E-state index in [-0.39, 0.29) is 4.90 Å². The van der Waals surface area contributed by atoms with Gasteiger partial charge in [-0.1, -0.05) is 35.5 Å². The Balaban J connectivity index is 1.66. The van der Waals surface area contributed by atoms with Gasteiger partial charge in [0.05, 0.1) is 0 Å². The van der Waals surface area contributed by atoms with E-state index in [0.717, 1.165) is 6.42 Å². The van der Waals surface area contributed by atoms with Gasteiger partial charge in [-0.15, -0.1) is 0 Å². The van der Waals surface area contributed by atoms with E-state index < -0.39 is 10.0 Å².